The van der Waals surface area contributed by atoms with Gasteiger partial charge in [0.25, 0.3) is 0 Å². The van der Waals surface area contributed by atoms with Crippen LogP contribution in [0, 0.1) is 27.3 Å². The van der Waals surface area contributed by atoms with Gasteiger partial charge in [-0.15, -0.1) is 0 Å². The Hall–Kier alpha value is -1.98. The summed E-state index contributed by atoms with van der Waals surface area (Å²) in [5.41, 5.74) is 0.0163. The van der Waals surface area contributed by atoms with E-state index in [1.807, 2.05) is 6.07 Å². The fraction of sp³-hybridized carbons (Fsp3) is 0. The maximum Gasteiger partial charge on any atom is 0.312 e. The van der Waals surface area contributed by atoms with Crippen LogP contribution >= 0.6 is 31.9 Å². The molecule has 0 saturated carbocycles. The van der Waals surface area contributed by atoms with E-state index in [0.29, 0.717) is 10.0 Å². The Morgan fingerprint density at radius 1 is 1.24 bits per heavy atom. The summed E-state index contributed by atoms with van der Waals surface area (Å²) < 4.78 is 19.3. The zero-order valence-corrected chi connectivity index (χ0v) is 13.3. The minimum absolute atomic E-state index is 0.0254. The summed E-state index contributed by atoms with van der Waals surface area (Å²) in [6.45, 7) is 0. The summed E-state index contributed by atoms with van der Waals surface area (Å²) in [5, 5.41) is 19.8. The maximum atomic E-state index is 13.5. The number of benzene rings is 2. The maximum absolute atomic E-state index is 13.5. The molecule has 0 amide bonds. The molecule has 0 saturated heterocycles. The van der Waals surface area contributed by atoms with E-state index in [2.05, 4.69) is 31.9 Å². The molecule has 0 atom stereocenters. The lowest BCUT2D eigenvalue weighted by atomic mass is 10.2. The molecule has 0 N–H and O–H groups in total. The van der Waals surface area contributed by atoms with Crippen molar-refractivity contribution in [1.82, 2.24) is 0 Å². The SMILES string of the molecule is N#Cc1ccc(Oc2cc(F)c(Br)cc2[N+](=O)[O-])cc1Br. The highest BCUT2D eigenvalue weighted by Gasteiger charge is 2.19. The zero-order valence-electron chi connectivity index (χ0n) is 10.1. The summed E-state index contributed by atoms with van der Waals surface area (Å²) in [5.74, 6) is -0.661. The Morgan fingerprint density at radius 2 is 1.95 bits per heavy atom. The van der Waals surface area contributed by atoms with Gasteiger partial charge in [-0.05, 0) is 50.1 Å². The topological polar surface area (TPSA) is 76.2 Å². The third-order valence-electron chi connectivity index (χ3n) is 2.49. The highest BCUT2D eigenvalue weighted by molar-refractivity contribution is 9.10. The van der Waals surface area contributed by atoms with Crippen LogP contribution in [0.5, 0.6) is 11.5 Å². The lowest BCUT2D eigenvalue weighted by Gasteiger charge is -2.08. The van der Waals surface area contributed by atoms with Crippen molar-refractivity contribution in [3.8, 4) is 17.6 Å². The molecule has 8 heteroatoms. The monoisotopic (exact) mass is 414 g/mol. The lowest BCUT2D eigenvalue weighted by Crippen LogP contribution is -1.95. The first kappa shape index (κ1) is 15.4. The van der Waals surface area contributed by atoms with Gasteiger partial charge in [-0.25, -0.2) is 4.39 Å². The van der Waals surface area contributed by atoms with Gasteiger partial charge in [0.2, 0.25) is 5.75 Å². The quantitative estimate of drug-likeness (QED) is 0.526. The summed E-state index contributed by atoms with van der Waals surface area (Å²) in [7, 11) is 0. The average Bonchev–Trinajstić information content (AvgIpc) is 2.42. The number of nitrogens with zero attached hydrogens (tertiary/aromatic N) is 2. The molecule has 2 aromatic carbocycles. The Labute approximate surface area is 135 Å². The van der Waals surface area contributed by atoms with E-state index in [-0.39, 0.29) is 21.7 Å². The summed E-state index contributed by atoms with van der Waals surface area (Å²) in [4.78, 5) is 10.3. The van der Waals surface area contributed by atoms with Crippen LogP contribution in [0.15, 0.2) is 39.3 Å². The molecule has 0 aromatic heterocycles. The van der Waals surface area contributed by atoms with E-state index in [1.54, 1.807) is 0 Å². The van der Waals surface area contributed by atoms with Crippen LogP contribution < -0.4 is 4.74 Å². The molecule has 0 spiro atoms. The van der Waals surface area contributed by atoms with E-state index in [9.17, 15) is 14.5 Å². The van der Waals surface area contributed by atoms with Gasteiger partial charge in [0.15, 0.2) is 0 Å². The minimum atomic E-state index is -0.677. The molecule has 2 aromatic rings. The van der Waals surface area contributed by atoms with Crippen molar-refractivity contribution < 1.29 is 14.1 Å². The van der Waals surface area contributed by atoms with Crippen molar-refractivity contribution in [3.63, 3.8) is 0 Å². The van der Waals surface area contributed by atoms with Crippen molar-refractivity contribution in [1.29, 1.82) is 5.26 Å². The third kappa shape index (κ3) is 3.37. The molecule has 21 heavy (non-hydrogen) atoms. The van der Waals surface area contributed by atoms with Gasteiger partial charge in [0, 0.05) is 16.6 Å². The smallest absolute Gasteiger partial charge is 0.312 e. The largest absolute Gasteiger partial charge is 0.450 e. The van der Waals surface area contributed by atoms with E-state index < -0.39 is 10.7 Å². The molecular formula is C13H5Br2FN2O3. The predicted octanol–water partition coefficient (Wildman–Crippen LogP) is 4.92. The van der Waals surface area contributed by atoms with Crippen molar-refractivity contribution in [2.24, 2.45) is 0 Å². The first-order chi connectivity index (χ1) is 9.92. The van der Waals surface area contributed by atoms with Gasteiger partial charge in [-0.3, -0.25) is 10.1 Å². The zero-order chi connectivity index (χ0) is 15.6. The van der Waals surface area contributed by atoms with Gasteiger partial charge in [0.05, 0.1) is 15.0 Å². The minimum Gasteiger partial charge on any atom is -0.450 e. The predicted molar refractivity (Wildman–Crippen MR) is 79.7 cm³/mol. The number of nitro benzene ring substituents is 1. The number of rotatable bonds is 3. The van der Waals surface area contributed by atoms with E-state index in [1.165, 1.54) is 18.2 Å². The summed E-state index contributed by atoms with van der Waals surface area (Å²) >= 11 is 6.06. The van der Waals surface area contributed by atoms with Crippen LogP contribution in [0.2, 0.25) is 0 Å². The lowest BCUT2D eigenvalue weighted by molar-refractivity contribution is -0.385. The van der Waals surface area contributed by atoms with Gasteiger partial charge in [0.1, 0.15) is 17.6 Å². The van der Waals surface area contributed by atoms with Crippen LogP contribution in [0.1, 0.15) is 5.56 Å². The molecule has 0 fully saturated rings. The molecule has 0 unspecified atom stereocenters. The van der Waals surface area contributed by atoms with E-state index in [0.717, 1.165) is 12.1 Å². The van der Waals surface area contributed by atoms with Crippen LogP contribution in [0.25, 0.3) is 0 Å². The molecule has 106 valence electrons. The number of halogens is 3. The van der Waals surface area contributed by atoms with Crippen LogP contribution in [-0.2, 0) is 0 Å². The molecule has 0 aliphatic rings. The standard InChI is InChI=1S/C13H5Br2FN2O3/c14-9-3-8(2-1-7(9)6-17)21-13-5-11(16)10(15)4-12(13)18(19)20/h1-5H. The molecule has 5 nitrogen and oxygen atoms in total. The van der Waals surface area contributed by atoms with Crippen LogP contribution in [0.4, 0.5) is 10.1 Å². The van der Waals surface area contributed by atoms with Crippen molar-refractivity contribution >= 4 is 37.5 Å². The van der Waals surface area contributed by atoms with E-state index >= 15 is 0 Å². The molecule has 0 bridgehead atoms. The fourth-order valence-electron chi connectivity index (χ4n) is 1.52. The van der Waals surface area contributed by atoms with Crippen molar-refractivity contribution in [2.75, 3.05) is 0 Å². The second-order valence-corrected chi connectivity index (χ2v) is 5.56. The number of nitro groups is 1. The molecule has 0 aliphatic carbocycles. The first-order valence-electron chi connectivity index (χ1n) is 5.43. The van der Waals surface area contributed by atoms with Crippen molar-refractivity contribution in [3.05, 3.63) is 60.8 Å². The molecular weight excluding hydrogens is 411 g/mol. The molecule has 0 heterocycles. The van der Waals surface area contributed by atoms with Gasteiger partial charge < -0.3 is 4.74 Å². The van der Waals surface area contributed by atoms with Gasteiger partial charge in [-0.1, -0.05) is 0 Å². The second-order valence-electron chi connectivity index (χ2n) is 3.85. The first-order valence-corrected chi connectivity index (χ1v) is 7.02. The van der Waals surface area contributed by atoms with Gasteiger partial charge >= 0.3 is 5.69 Å². The van der Waals surface area contributed by atoms with Crippen LogP contribution in [-0.4, -0.2) is 4.92 Å². The van der Waals surface area contributed by atoms with E-state index in [4.69, 9.17) is 10.00 Å². The molecule has 0 radical (unpaired) electrons. The Bertz CT molecular complexity index is 775. The Balaban J connectivity index is 2.44. The van der Waals surface area contributed by atoms with Crippen molar-refractivity contribution in [2.45, 2.75) is 0 Å². The molecule has 0 aliphatic heterocycles. The number of hydrogen-bond acceptors (Lipinski definition) is 4. The third-order valence-corrected chi connectivity index (χ3v) is 3.75. The highest BCUT2D eigenvalue weighted by atomic mass is 79.9. The normalized spacial score (nSPS) is 10.0. The van der Waals surface area contributed by atoms with Gasteiger partial charge in [-0.2, -0.15) is 5.26 Å². The van der Waals surface area contributed by atoms with Crippen LogP contribution in [0.3, 0.4) is 0 Å². The number of nitriles is 1. The molecule has 2 rings (SSSR count). The summed E-state index contributed by atoms with van der Waals surface area (Å²) in [6, 6.07) is 8.34. The Kier molecular flexibility index (Phi) is 4.55. The second kappa shape index (κ2) is 6.20. The fourth-order valence-corrected chi connectivity index (χ4v) is 2.30. The average molecular weight is 416 g/mol. The number of ether oxygens (including phenoxy) is 1. The summed E-state index contributed by atoms with van der Waals surface area (Å²) in [6.07, 6.45) is 0. The number of hydrogen-bond donors (Lipinski definition) is 0. The Morgan fingerprint density at radius 3 is 2.52 bits per heavy atom. The highest BCUT2D eigenvalue weighted by Crippen LogP contribution is 2.36.